The Balaban J connectivity index is 1.62. The number of aromatic nitrogens is 4. The fraction of sp³-hybridized carbons (Fsp3) is 0.143. The molecule has 30 heavy (non-hydrogen) atoms. The summed E-state index contributed by atoms with van der Waals surface area (Å²) in [4.78, 5) is 30.3. The zero-order chi connectivity index (χ0) is 21.3. The van der Waals surface area contributed by atoms with E-state index in [0.29, 0.717) is 10.7 Å². The summed E-state index contributed by atoms with van der Waals surface area (Å²) >= 11 is 1.40. The predicted octanol–water partition coefficient (Wildman–Crippen LogP) is 3.44. The van der Waals surface area contributed by atoms with Crippen molar-refractivity contribution in [3.05, 3.63) is 82.3 Å². The topological polar surface area (TPSA) is 81.3 Å². The van der Waals surface area contributed by atoms with Gasteiger partial charge in [0.1, 0.15) is 17.4 Å². The van der Waals surface area contributed by atoms with Crippen molar-refractivity contribution in [2.24, 2.45) is 0 Å². The molecule has 1 amide bonds. The van der Waals surface area contributed by atoms with Crippen LogP contribution in [0.1, 0.15) is 11.1 Å². The van der Waals surface area contributed by atoms with Gasteiger partial charge in [0.2, 0.25) is 5.91 Å². The van der Waals surface area contributed by atoms with Gasteiger partial charge in [0.15, 0.2) is 5.65 Å². The molecule has 0 saturated heterocycles. The van der Waals surface area contributed by atoms with Crippen LogP contribution in [0.15, 0.2) is 69.6 Å². The maximum absolute atomic E-state index is 13.7. The summed E-state index contributed by atoms with van der Waals surface area (Å²) in [7, 11) is 0. The first-order valence-electron chi connectivity index (χ1n) is 9.16. The number of carbonyl (C=O) groups is 1. The molecule has 0 aliphatic rings. The number of carbonyl (C=O) groups excluding carboxylic acids is 1. The molecule has 2 aromatic heterocycles. The monoisotopic (exact) mass is 423 g/mol. The van der Waals surface area contributed by atoms with Crippen molar-refractivity contribution in [1.29, 1.82) is 0 Å². The van der Waals surface area contributed by atoms with Crippen molar-refractivity contribution in [1.82, 2.24) is 19.2 Å². The minimum absolute atomic E-state index is 0.0482. The van der Waals surface area contributed by atoms with Crippen LogP contribution in [0.3, 0.4) is 0 Å². The van der Waals surface area contributed by atoms with Crippen molar-refractivity contribution < 1.29 is 9.18 Å². The van der Waals surface area contributed by atoms with Crippen LogP contribution in [0.4, 0.5) is 10.1 Å². The molecule has 0 fully saturated rings. The van der Waals surface area contributed by atoms with Crippen molar-refractivity contribution >= 4 is 29.0 Å². The van der Waals surface area contributed by atoms with Gasteiger partial charge in [-0.2, -0.15) is 0 Å². The summed E-state index contributed by atoms with van der Waals surface area (Å²) in [5, 5.41) is 7.29. The number of fused-ring (bicyclic) bond motifs is 1. The highest BCUT2D eigenvalue weighted by Crippen LogP contribution is 2.31. The molecule has 0 aliphatic heterocycles. The van der Waals surface area contributed by atoms with Crippen LogP contribution in [0.5, 0.6) is 0 Å². The number of anilines is 1. The molecular weight excluding hydrogens is 405 g/mol. The Kier molecular flexibility index (Phi) is 5.37. The average molecular weight is 423 g/mol. The summed E-state index contributed by atoms with van der Waals surface area (Å²) in [5.74, 6) is -1.10. The highest BCUT2D eigenvalue weighted by atomic mass is 32.2. The molecule has 0 radical (unpaired) electrons. The lowest BCUT2D eigenvalue weighted by molar-refractivity contribution is -0.117. The molecule has 2 aromatic carbocycles. The lowest BCUT2D eigenvalue weighted by Crippen LogP contribution is -2.28. The van der Waals surface area contributed by atoms with Gasteiger partial charge < -0.3 is 5.32 Å². The Morgan fingerprint density at radius 1 is 1.20 bits per heavy atom. The van der Waals surface area contributed by atoms with Gasteiger partial charge in [0.25, 0.3) is 0 Å². The van der Waals surface area contributed by atoms with Crippen LogP contribution in [-0.2, 0) is 11.3 Å². The van der Waals surface area contributed by atoms with Gasteiger partial charge >= 0.3 is 5.69 Å². The maximum atomic E-state index is 13.7. The molecule has 0 unspecified atom stereocenters. The van der Waals surface area contributed by atoms with E-state index in [1.165, 1.54) is 46.8 Å². The number of rotatable bonds is 5. The minimum atomic E-state index is -0.554. The fourth-order valence-corrected chi connectivity index (χ4v) is 3.92. The molecule has 1 N–H and O–H groups in total. The molecule has 4 aromatic rings. The molecule has 0 aliphatic carbocycles. The lowest BCUT2D eigenvalue weighted by atomic mass is 10.2. The van der Waals surface area contributed by atoms with Crippen LogP contribution < -0.4 is 11.0 Å². The molecule has 7 nitrogen and oxygen atoms in total. The molecule has 152 valence electrons. The number of hydrogen-bond donors (Lipinski definition) is 1. The fourth-order valence-electron chi connectivity index (χ4n) is 3.01. The third-order valence-corrected chi connectivity index (χ3v) is 5.61. The SMILES string of the molecule is Cc1ccc(Sc2nccn3c(=O)n(CC(=O)Nc4ccccc4F)nc23)c(C)c1. The number of aryl methyl sites for hydroxylation is 2. The van der Waals surface area contributed by atoms with Crippen LogP contribution in [0.25, 0.3) is 5.65 Å². The Hall–Kier alpha value is -3.46. The van der Waals surface area contributed by atoms with E-state index >= 15 is 0 Å². The van der Waals surface area contributed by atoms with E-state index in [0.717, 1.165) is 20.7 Å². The summed E-state index contributed by atoms with van der Waals surface area (Å²) < 4.78 is 16.1. The molecule has 2 heterocycles. The van der Waals surface area contributed by atoms with Gasteiger partial charge in [0, 0.05) is 17.3 Å². The van der Waals surface area contributed by atoms with E-state index in [2.05, 4.69) is 21.5 Å². The summed E-state index contributed by atoms with van der Waals surface area (Å²) in [6, 6.07) is 11.9. The summed E-state index contributed by atoms with van der Waals surface area (Å²) in [6.45, 7) is 3.68. The van der Waals surface area contributed by atoms with Crippen LogP contribution in [0, 0.1) is 19.7 Å². The lowest BCUT2D eigenvalue weighted by Gasteiger charge is -2.06. The maximum Gasteiger partial charge on any atom is 0.350 e. The van der Waals surface area contributed by atoms with Gasteiger partial charge in [0.05, 0.1) is 5.69 Å². The molecule has 0 bridgehead atoms. The second kappa shape index (κ2) is 8.11. The van der Waals surface area contributed by atoms with Crippen LogP contribution in [0.2, 0.25) is 0 Å². The van der Waals surface area contributed by atoms with Crippen molar-refractivity contribution in [2.45, 2.75) is 30.3 Å². The molecule has 0 spiro atoms. The average Bonchev–Trinajstić information content (AvgIpc) is 3.02. The molecule has 0 saturated carbocycles. The zero-order valence-corrected chi connectivity index (χ0v) is 17.1. The van der Waals surface area contributed by atoms with E-state index in [4.69, 9.17) is 0 Å². The molecule has 4 rings (SSSR count). The number of nitrogens with zero attached hydrogens (tertiary/aromatic N) is 4. The van der Waals surface area contributed by atoms with E-state index in [1.807, 2.05) is 26.0 Å². The molecule has 9 heteroatoms. The highest BCUT2D eigenvalue weighted by Gasteiger charge is 2.16. The van der Waals surface area contributed by atoms with E-state index < -0.39 is 17.4 Å². The first-order valence-corrected chi connectivity index (χ1v) is 9.97. The first kappa shape index (κ1) is 19.8. The molecule has 0 atom stereocenters. The summed E-state index contributed by atoms with van der Waals surface area (Å²) in [6.07, 6.45) is 3.02. The van der Waals surface area contributed by atoms with Gasteiger partial charge in [-0.1, -0.05) is 41.6 Å². The predicted molar refractivity (Wildman–Crippen MR) is 112 cm³/mol. The first-order chi connectivity index (χ1) is 14.4. The number of halogens is 1. The van der Waals surface area contributed by atoms with Gasteiger partial charge in [-0.3, -0.25) is 4.79 Å². The summed E-state index contributed by atoms with van der Waals surface area (Å²) in [5.41, 5.74) is 2.18. The standard InChI is InChI=1S/C21H18FN5O2S/c1-13-7-8-17(14(2)11-13)30-20-19-25-27(21(29)26(19)10-9-23-20)12-18(28)24-16-6-4-3-5-15(16)22/h3-11H,12H2,1-2H3,(H,24,28). The molecular formula is C21H18FN5O2S. The highest BCUT2D eigenvalue weighted by molar-refractivity contribution is 7.99. The second-order valence-electron chi connectivity index (χ2n) is 6.77. The van der Waals surface area contributed by atoms with Gasteiger partial charge in [-0.15, -0.1) is 5.10 Å². The van der Waals surface area contributed by atoms with E-state index in [9.17, 15) is 14.0 Å². The Morgan fingerprint density at radius 3 is 2.77 bits per heavy atom. The minimum Gasteiger partial charge on any atom is -0.322 e. The van der Waals surface area contributed by atoms with Crippen LogP contribution >= 0.6 is 11.8 Å². The Labute approximate surface area is 175 Å². The van der Waals surface area contributed by atoms with Crippen molar-refractivity contribution in [2.75, 3.05) is 5.32 Å². The third-order valence-electron chi connectivity index (χ3n) is 4.45. The third kappa shape index (κ3) is 3.97. The number of para-hydroxylation sites is 1. The quantitative estimate of drug-likeness (QED) is 0.532. The largest absolute Gasteiger partial charge is 0.350 e. The number of hydrogen-bond acceptors (Lipinski definition) is 5. The number of benzene rings is 2. The normalized spacial score (nSPS) is 11.0. The van der Waals surface area contributed by atoms with Gasteiger partial charge in [-0.05, 0) is 37.6 Å². The van der Waals surface area contributed by atoms with E-state index in [-0.39, 0.29) is 12.2 Å². The van der Waals surface area contributed by atoms with E-state index in [1.54, 1.807) is 6.07 Å². The Morgan fingerprint density at radius 2 is 2.00 bits per heavy atom. The Bertz CT molecular complexity index is 1310. The van der Waals surface area contributed by atoms with Crippen molar-refractivity contribution in [3.63, 3.8) is 0 Å². The number of nitrogens with one attached hydrogen (secondary N) is 1. The van der Waals surface area contributed by atoms with Crippen molar-refractivity contribution in [3.8, 4) is 0 Å². The second-order valence-corrected chi connectivity index (χ2v) is 7.80. The zero-order valence-electron chi connectivity index (χ0n) is 16.3. The van der Waals surface area contributed by atoms with Crippen LogP contribution in [-0.4, -0.2) is 25.1 Å². The number of amides is 1. The smallest absolute Gasteiger partial charge is 0.322 e. The van der Waals surface area contributed by atoms with Gasteiger partial charge in [-0.25, -0.2) is 23.3 Å².